The molecule has 0 aromatic heterocycles. The van der Waals surface area contributed by atoms with E-state index in [-0.39, 0.29) is 12.1 Å². The Morgan fingerprint density at radius 3 is 2.70 bits per heavy atom. The lowest BCUT2D eigenvalue weighted by Gasteiger charge is -2.08. The number of nitrogens with zero attached hydrogens (tertiary/aromatic N) is 1. The molecule has 0 aromatic carbocycles. The van der Waals surface area contributed by atoms with Crippen molar-refractivity contribution in [3.05, 3.63) is 6.92 Å². The van der Waals surface area contributed by atoms with Crippen LogP contribution >= 0.6 is 0 Å². The Kier molecular flexibility index (Phi) is 4.81. The molecule has 0 aromatic rings. The van der Waals surface area contributed by atoms with Gasteiger partial charge in [0.1, 0.15) is 0 Å². The number of rotatable bonds is 4. The number of ether oxygens (including phenoxy) is 1. The fourth-order valence-electron chi connectivity index (χ4n) is 0.431. The Hall–Kier alpha value is -0.660. The monoisotopic (exact) mass is 142 g/mol. The van der Waals surface area contributed by atoms with Crippen LogP contribution in [0.1, 0.15) is 13.8 Å². The van der Waals surface area contributed by atoms with Crippen molar-refractivity contribution >= 4 is 6.08 Å². The van der Waals surface area contributed by atoms with Crippen LogP contribution in [0.2, 0.25) is 0 Å². The summed E-state index contributed by atoms with van der Waals surface area (Å²) >= 11 is 0. The van der Waals surface area contributed by atoms with Gasteiger partial charge in [0.25, 0.3) is 0 Å². The summed E-state index contributed by atoms with van der Waals surface area (Å²) in [6.45, 7) is 7.65. The molecule has 0 spiro atoms. The molecule has 57 valence electrons. The topological polar surface area (TPSA) is 38.7 Å². The van der Waals surface area contributed by atoms with Gasteiger partial charge in [0.2, 0.25) is 6.08 Å². The van der Waals surface area contributed by atoms with Crippen molar-refractivity contribution in [2.45, 2.75) is 26.0 Å². The maximum atomic E-state index is 9.70. The average molecular weight is 142 g/mol. The average Bonchev–Trinajstić information content (AvgIpc) is 1.85. The van der Waals surface area contributed by atoms with Gasteiger partial charge in [-0.15, -0.1) is 0 Å². The van der Waals surface area contributed by atoms with E-state index in [2.05, 4.69) is 11.9 Å². The van der Waals surface area contributed by atoms with Gasteiger partial charge in [-0.2, -0.15) is 0 Å². The van der Waals surface area contributed by atoms with Crippen molar-refractivity contribution in [1.82, 2.24) is 0 Å². The summed E-state index contributed by atoms with van der Waals surface area (Å²) in [4.78, 5) is 13.1. The van der Waals surface area contributed by atoms with Gasteiger partial charge in [0.15, 0.2) is 0 Å². The predicted molar refractivity (Wildman–Crippen MR) is 38.4 cm³/mol. The van der Waals surface area contributed by atoms with E-state index in [0.717, 1.165) is 0 Å². The molecule has 0 bridgehead atoms. The van der Waals surface area contributed by atoms with E-state index < -0.39 is 0 Å². The molecule has 2 atom stereocenters. The second kappa shape index (κ2) is 5.15. The first-order valence-corrected chi connectivity index (χ1v) is 3.18. The van der Waals surface area contributed by atoms with E-state index >= 15 is 0 Å². The van der Waals surface area contributed by atoms with Crippen molar-refractivity contribution in [1.29, 1.82) is 0 Å². The number of aliphatic imine (C=N–C) groups is 1. The smallest absolute Gasteiger partial charge is 0.235 e. The fraction of sp³-hybridized carbons (Fsp3) is 0.714. The highest BCUT2D eigenvalue weighted by Crippen LogP contribution is 1.92. The molecule has 0 aliphatic heterocycles. The number of carbonyl (C=O) groups excluding carboxylic acids is 1. The minimum atomic E-state index is -0.110. The van der Waals surface area contributed by atoms with Crippen LogP contribution in [-0.2, 0) is 9.53 Å². The number of isocyanates is 1. The summed E-state index contributed by atoms with van der Waals surface area (Å²) in [5, 5.41) is 0. The molecule has 0 N–H and O–H groups in total. The van der Waals surface area contributed by atoms with Crippen LogP contribution in [0, 0.1) is 6.92 Å². The van der Waals surface area contributed by atoms with Crippen molar-refractivity contribution in [2.75, 3.05) is 6.61 Å². The van der Waals surface area contributed by atoms with Crippen LogP contribution in [0.15, 0.2) is 4.99 Å². The van der Waals surface area contributed by atoms with E-state index in [1.807, 2.05) is 6.92 Å². The SMILES string of the molecule is [CH2]C(C)OCC(C)N=C=O. The highest BCUT2D eigenvalue weighted by Gasteiger charge is 1.99. The largest absolute Gasteiger partial charge is 0.376 e. The summed E-state index contributed by atoms with van der Waals surface area (Å²) in [7, 11) is 0. The third-order valence-corrected chi connectivity index (χ3v) is 0.895. The molecule has 0 amide bonds. The van der Waals surface area contributed by atoms with E-state index in [9.17, 15) is 4.79 Å². The van der Waals surface area contributed by atoms with Crippen LogP contribution in [0.5, 0.6) is 0 Å². The van der Waals surface area contributed by atoms with Gasteiger partial charge in [-0.3, -0.25) is 0 Å². The lowest BCUT2D eigenvalue weighted by Crippen LogP contribution is -2.13. The molecule has 0 aliphatic rings. The number of hydrogen-bond donors (Lipinski definition) is 0. The lowest BCUT2D eigenvalue weighted by molar-refractivity contribution is 0.0878. The summed E-state index contributed by atoms with van der Waals surface area (Å²) in [6, 6.07) is -0.110. The zero-order valence-corrected chi connectivity index (χ0v) is 6.33. The minimum Gasteiger partial charge on any atom is -0.376 e. The molecule has 0 saturated heterocycles. The molecule has 3 heteroatoms. The molecule has 3 nitrogen and oxygen atoms in total. The molecule has 10 heavy (non-hydrogen) atoms. The maximum absolute atomic E-state index is 9.70. The van der Waals surface area contributed by atoms with Gasteiger partial charge in [0, 0.05) is 0 Å². The van der Waals surface area contributed by atoms with Crippen LogP contribution in [0.25, 0.3) is 0 Å². The van der Waals surface area contributed by atoms with Crippen LogP contribution in [-0.4, -0.2) is 24.8 Å². The normalized spacial score (nSPS) is 12.8. The van der Waals surface area contributed by atoms with E-state index in [0.29, 0.717) is 6.61 Å². The van der Waals surface area contributed by atoms with Crippen LogP contribution in [0.3, 0.4) is 0 Å². The van der Waals surface area contributed by atoms with Crippen molar-refractivity contribution in [2.24, 2.45) is 4.99 Å². The van der Waals surface area contributed by atoms with E-state index in [4.69, 9.17) is 4.74 Å². The van der Waals surface area contributed by atoms with E-state index in [1.54, 1.807) is 6.92 Å². The first-order valence-electron chi connectivity index (χ1n) is 3.18. The van der Waals surface area contributed by atoms with Crippen molar-refractivity contribution in [3.63, 3.8) is 0 Å². The van der Waals surface area contributed by atoms with Crippen LogP contribution < -0.4 is 0 Å². The standard InChI is InChI=1S/C7H12NO2/c1-6(2)10-4-7(3)8-5-9/h6-7H,1,4H2,2-3H3. The molecule has 1 radical (unpaired) electrons. The third-order valence-electron chi connectivity index (χ3n) is 0.895. The van der Waals surface area contributed by atoms with Gasteiger partial charge >= 0.3 is 0 Å². The zero-order valence-electron chi connectivity index (χ0n) is 6.33. The third kappa shape index (κ3) is 5.48. The molecule has 0 saturated carbocycles. The molecule has 0 aliphatic carbocycles. The zero-order chi connectivity index (χ0) is 7.98. The predicted octanol–water partition coefficient (Wildman–Crippen LogP) is 0.950. The first kappa shape index (κ1) is 9.34. The highest BCUT2D eigenvalue weighted by molar-refractivity contribution is 5.33. The highest BCUT2D eigenvalue weighted by atomic mass is 16.5. The second-order valence-corrected chi connectivity index (χ2v) is 2.21. The summed E-state index contributed by atoms with van der Waals surface area (Å²) in [5.74, 6) is 0. The lowest BCUT2D eigenvalue weighted by atomic mass is 10.4. The Bertz CT molecular complexity index is 128. The molecular weight excluding hydrogens is 130 g/mol. The summed E-state index contributed by atoms with van der Waals surface area (Å²) < 4.78 is 5.07. The Labute approximate surface area is 61.1 Å². The quantitative estimate of drug-likeness (QED) is 0.433. The van der Waals surface area contributed by atoms with E-state index in [1.165, 1.54) is 6.08 Å². The van der Waals surface area contributed by atoms with Crippen molar-refractivity contribution in [3.8, 4) is 0 Å². The molecule has 0 heterocycles. The van der Waals surface area contributed by atoms with Gasteiger partial charge in [-0.05, 0) is 20.8 Å². The van der Waals surface area contributed by atoms with Crippen molar-refractivity contribution < 1.29 is 9.53 Å². The summed E-state index contributed by atoms with van der Waals surface area (Å²) in [5.41, 5.74) is 0. The Morgan fingerprint density at radius 2 is 2.30 bits per heavy atom. The Morgan fingerprint density at radius 1 is 1.70 bits per heavy atom. The van der Waals surface area contributed by atoms with Crippen LogP contribution in [0.4, 0.5) is 0 Å². The molecule has 2 unspecified atom stereocenters. The van der Waals surface area contributed by atoms with Gasteiger partial charge in [-0.25, -0.2) is 9.79 Å². The number of hydrogen-bond acceptors (Lipinski definition) is 3. The van der Waals surface area contributed by atoms with Gasteiger partial charge in [0.05, 0.1) is 18.8 Å². The minimum absolute atomic E-state index is 0.0516. The fourth-order valence-corrected chi connectivity index (χ4v) is 0.431. The van der Waals surface area contributed by atoms with Gasteiger partial charge in [-0.1, -0.05) is 0 Å². The molecule has 0 fully saturated rings. The maximum Gasteiger partial charge on any atom is 0.235 e. The molecular formula is C7H12NO2. The second-order valence-electron chi connectivity index (χ2n) is 2.21. The first-order chi connectivity index (χ1) is 4.66. The Balaban J connectivity index is 3.39. The summed E-state index contributed by atoms with van der Waals surface area (Å²) in [6.07, 6.45) is 1.41. The van der Waals surface area contributed by atoms with Gasteiger partial charge < -0.3 is 4.74 Å². The molecule has 0 rings (SSSR count).